The van der Waals surface area contributed by atoms with Gasteiger partial charge < -0.3 is 14.2 Å². The topological polar surface area (TPSA) is 44.8 Å². The lowest BCUT2D eigenvalue weighted by molar-refractivity contribution is -0.207. The van der Waals surface area contributed by atoms with Crippen LogP contribution in [0.1, 0.15) is 106 Å². The molecule has 35 heavy (non-hydrogen) atoms. The Labute approximate surface area is 210 Å². The molecule has 0 unspecified atom stereocenters. The third-order valence-electron chi connectivity index (χ3n) is 6.63. The summed E-state index contributed by atoms with van der Waals surface area (Å²) in [6.45, 7) is 5.51. The van der Waals surface area contributed by atoms with Crippen molar-refractivity contribution in [3.8, 4) is 5.75 Å². The third kappa shape index (κ3) is 9.05. The van der Waals surface area contributed by atoms with E-state index in [2.05, 4.69) is 13.8 Å². The first-order chi connectivity index (χ1) is 17.1. The molecule has 4 nitrogen and oxygen atoms in total. The fraction of sp³-hybridized carbons (Fsp3) is 0.567. The van der Waals surface area contributed by atoms with E-state index in [0.717, 1.165) is 25.7 Å². The zero-order valence-corrected chi connectivity index (χ0v) is 21.4. The van der Waals surface area contributed by atoms with Crippen molar-refractivity contribution in [2.75, 3.05) is 13.2 Å². The first kappa shape index (κ1) is 27.3. The minimum atomic E-state index is -0.734. The lowest BCUT2D eigenvalue weighted by Gasteiger charge is -2.29. The Bertz CT molecular complexity index is 888. The Balaban J connectivity index is 1.44. The van der Waals surface area contributed by atoms with Crippen LogP contribution in [0.25, 0.3) is 0 Å². The number of ether oxygens (including phenoxy) is 3. The molecule has 5 heteroatoms. The Hall–Kier alpha value is -2.24. The van der Waals surface area contributed by atoms with E-state index in [9.17, 15) is 9.18 Å². The van der Waals surface area contributed by atoms with Crippen LogP contribution in [0.3, 0.4) is 0 Å². The number of benzene rings is 2. The standard InChI is InChI=1S/C30H41FO4/c1-3-5-7-8-9-10-11-13-23-14-17-26(18-15-23)35-29(32)25-16-19-27(28(31)20-25)30-33-21-24(22-34-30)12-6-4-2/h14-20,24,30H,3-13,21-22H2,1-2H3. The maximum absolute atomic E-state index is 14.8. The molecule has 0 aromatic heterocycles. The number of esters is 1. The molecule has 0 N–H and O–H groups in total. The summed E-state index contributed by atoms with van der Waals surface area (Å²) in [6.07, 6.45) is 12.6. The van der Waals surface area contributed by atoms with Gasteiger partial charge in [0.05, 0.1) is 18.8 Å². The number of halogens is 1. The summed E-state index contributed by atoms with van der Waals surface area (Å²) in [6, 6.07) is 11.9. The van der Waals surface area contributed by atoms with Crippen molar-refractivity contribution in [2.24, 2.45) is 5.92 Å². The minimum Gasteiger partial charge on any atom is -0.423 e. The summed E-state index contributed by atoms with van der Waals surface area (Å²) in [5.74, 6) is -0.299. The second-order valence-corrected chi connectivity index (χ2v) is 9.65. The smallest absolute Gasteiger partial charge is 0.343 e. The molecule has 1 aliphatic rings. The van der Waals surface area contributed by atoms with Crippen molar-refractivity contribution >= 4 is 5.97 Å². The normalized spacial score (nSPS) is 17.9. The molecule has 0 radical (unpaired) electrons. The molecule has 0 bridgehead atoms. The highest BCUT2D eigenvalue weighted by molar-refractivity contribution is 5.91. The Kier molecular flexibility index (Phi) is 11.7. The summed E-state index contributed by atoms with van der Waals surface area (Å²) in [5, 5.41) is 0. The molecule has 192 valence electrons. The molecule has 2 aromatic carbocycles. The summed E-state index contributed by atoms with van der Waals surface area (Å²) >= 11 is 0. The van der Waals surface area contributed by atoms with Gasteiger partial charge in [0.25, 0.3) is 0 Å². The molecular formula is C30H41FO4. The van der Waals surface area contributed by atoms with Gasteiger partial charge in [0.1, 0.15) is 11.6 Å². The average molecular weight is 485 g/mol. The van der Waals surface area contributed by atoms with E-state index >= 15 is 0 Å². The molecule has 0 aliphatic carbocycles. The van der Waals surface area contributed by atoms with Crippen LogP contribution in [0, 0.1) is 11.7 Å². The molecular weight excluding hydrogens is 443 g/mol. The SMILES string of the molecule is CCCCCCCCCc1ccc(OC(=O)c2ccc(C3OCC(CCCC)CO3)c(F)c2)cc1. The third-order valence-corrected chi connectivity index (χ3v) is 6.63. The summed E-state index contributed by atoms with van der Waals surface area (Å²) in [7, 11) is 0. The molecule has 2 aromatic rings. The molecule has 0 amide bonds. The quantitative estimate of drug-likeness (QED) is 0.154. The summed E-state index contributed by atoms with van der Waals surface area (Å²) < 4.78 is 31.7. The van der Waals surface area contributed by atoms with Gasteiger partial charge in [-0.3, -0.25) is 0 Å². The highest BCUT2D eigenvalue weighted by Gasteiger charge is 2.26. The fourth-order valence-corrected chi connectivity index (χ4v) is 4.40. The first-order valence-corrected chi connectivity index (χ1v) is 13.4. The zero-order valence-electron chi connectivity index (χ0n) is 21.4. The number of hydrogen-bond donors (Lipinski definition) is 0. The number of rotatable bonds is 14. The largest absolute Gasteiger partial charge is 0.423 e. The number of aryl methyl sites for hydroxylation is 1. The predicted octanol–water partition coefficient (Wildman–Crippen LogP) is 8.19. The number of carbonyl (C=O) groups excluding carboxylic acids is 1. The van der Waals surface area contributed by atoms with Crippen molar-refractivity contribution in [2.45, 2.75) is 90.8 Å². The average Bonchev–Trinajstić information content (AvgIpc) is 2.88. The van der Waals surface area contributed by atoms with Crippen LogP contribution >= 0.6 is 0 Å². The predicted molar refractivity (Wildman–Crippen MR) is 137 cm³/mol. The minimum absolute atomic E-state index is 0.162. The van der Waals surface area contributed by atoms with Gasteiger partial charge in [-0.05, 0) is 49.1 Å². The van der Waals surface area contributed by atoms with Crippen LogP contribution in [0.5, 0.6) is 5.75 Å². The maximum Gasteiger partial charge on any atom is 0.343 e. The van der Waals surface area contributed by atoms with Gasteiger partial charge in [0.15, 0.2) is 6.29 Å². The van der Waals surface area contributed by atoms with Crippen molar-refractivity contribution in [3.63, 3.8) is 0 Å². The first-order valence-electron chi connectivity index (χ1n) is 13.4. The Morgan fingerprint density at radius 1 is 0.886 bits per heavy atom. The van der Waals surface area contributed by atoms with Crippen LogP contribution in [-0.4, -0.2) is 19.2 Å². The van der Waals surface area contributed by atoms with Crippen LogP contribution in [-0.2, 0) is 15.9 Å². The van der Waals surface area contributed by atoms with Gasteiger partial charge in [0, 0.05) is 11.5 Å². The van der Waals surface area contributed by atoms with E-state index in [1.807, 2.05) is 12.1 Å². The van der Waals surface area contributed by atoms with Crippen LogP contribution in [0.15, 0.2) is 42.5 Å². The lowest BCUT2D eigenvalue weighted by atomic mass is 10.0. The van der Waals surface area contributed by atoms with E-state index < -0.39 is 18.1 Å². The molecule has 1 fully saturated rings. The highest BCUT2D eigenvalue weighted by atomic mass is 19.1. The van der Waals surface area contributed by atoms with E-state index in [1.54, 1.807) is 24.3 Å². The van der Waals surface area contributed by atoms with E-state index in [4.69, 9.17) is 14.2 Å². The summed E-state index contributed by atoms with van der Waals surface area (Å²) in [5.41, 5.74) is 1.71. The fourth-order valence-electron chi connectivity index (χ4n) is 4.40. The number of carbonyl (C=O) groups is 1. The Morgan fingerprint density at radius 2 is 1.54 bits per heavy atom. The number of unbranched alkanes of at least 4 members (excludes halogenated alkanes) is 7. The number of hydrogen-bond acceptors (Lipinski definition) is 4. The Morgan fingerprint density at radius 3 is 2.20 bits per heavy atom. The van der Waals surface area contributed by atoms with Gasteiger partial charge >= 0.3 is 5.97 Å². The van der Waals surface area contributed by atoms with E-state index in [0.29, 0.717) is 30.4 Å². The van der Waals surface area contributed by atoms with Gasteiger partial charge in [-0.15, -0.1) is 0 Å². The molecule has 0 atom stereocenters. The monoisotopic (exact) mass is 484 g/mol. The van der Waals surface area contributed by atoms with E-state index in [-0.39, 0.29) is 5.56 Å². The molecule has 1 aliphatic heterocycles. The molecule has 1 saturated heterocycles. The van der Waals surface area contributed by atoms with Crippen molar-refractivity contribution in [3.05, 3.63) is 65.0 Å². The lowest BCUT2D eigenvalue weighted by Crippen LogP contribution is -2.27. The molecule has 1 heterocycles. The molecule has 0 spiro atoms. The summed E-state index contributed by atoms with van der Waals surface area (Å²) in [4.78, 5) is 12.5. The van der Waals surface area contributed by atoms with Crippen molar-refractivity contribution in [1.82, 2.24) is 0 Å². The van der Waals surface area contributed by atoms with Crippen LogP contribution < -0.4 is 4.74 Å². The van der Waals surface area contributed by atoms with Gasteiger partial charge in [-0.2, -0.15) is 0 Å². The van der Waals surface area contributed by atoms with Crippen molar-refractivity contribution < 1.29 is 23.4 Å². The molecule has 0 saturated carbocycles. The van der Waals surface area contributed by atoms with Gasteiger partial charge in [0.2, 0.25) is 0 Å². The van der Waals surface area contributed by atoms with Gasteiger partial charge in [-0.25, -0.2) is 9.18 Å². The highest BCUT2D eigenvalue weighted by Crippen LogP contribution is 2.29. The second-order valence-electron chi connectivity index (χ2n) is 9.65. The van der Waals surface area contributed by atoms with E-state index in [1.165, 1.54) is 56.6 Å². The second kappa shape index (κ2) is 15.0. The van der Waals surface area contributed by atoms with Crippen LogP contribution in [0.2, 0.25) is 0 Å². The maximum atomic E-state index is 14.8. The van der Waals surface area contributed by atoms with Crippen LogP contribution in [0.4, 0.5) is 4.39 Å². The molecule has 3 rings (SSSR count). The zero-order chi connectivity index (χ0) is 24.9. The van der Waals surface area contributed by atoms with Crippen molar-refractivity contribution in [1.29, 1.82) is 0 Å². The van der Waals surface area contributed by atoms with Gasteiger partial charge in [-0.1, -0.05) is 83.4 Å².